The zero-order valence-corrected chi connectivity index (χ0v) is 18.3. The number of methoxy groups -OCH3 is 1. The van der Waals surface area contributed by atoms with E-state index in [4.69, 9.17) is 9.47 Å². The lowest BCUT2D eigenvalue weighted by atomic mass is 9.72. The van der Waals surface area contributed by atoms with Crippen LogP contribution in [0.25, 0.3) is 0 Å². The van der Waals surface area contributed by atoms with E-state index in [0.717, 1.165) is 31.2 Å². The fourth-order valence-corrected chi connectivity index (χ4v) is 4.60. The number of benzene rings is 1. The maximum atomic E-state index is 12.6. The molecule has 2 aliphatic rings. The van der Waals surface area contributed by atoms with E-state index in [0.29, 0.717) is 17.9 Å². The fraction of sp³-hybridized carbons (Fsp3) is 0.571. The quantitative estimate of drug-likeness (QED) is 0.328. The molecule has 1 atom stereocenters. The lowest BCUT2D eigenvalue weighted by molar-refractivity contribution is -0.0524. The van der Waals surface area contributed by atoms with Gasteiger partial charge in [0.05, 0.1) is 13.2 Å². The van der Waals surface area contributed by atoms with Crippen molar-refractivity contribution in [3.63, 3.8) is 0 Å². The average molecular weight is 462 g/mol. The van der Waals surface area contributed by atoms with Crippen LogP contribution in [0.4, 0.5) is 13.2 Å². The molecular weight excluding hydrogens is 435 g/mol. The van der Waals surface area contributed by atoms with Crippen molar-refractivity contribution in [3.05, 3.63) is 35.6 Å². The van der Waals surface area contributed by atoms with E-state index in [-0.39, 0.29) is 24.7 Å². The molecule has 2 aliphatic carbocycles. The first-order valence-corrected chi connectivity index (χ1v) is 11.5. The molecule has 1 aromatic rings. The highest BCUT2D eigenvalue weighted by atomic mass is 32.2. The summed E-state index contributed by atoms with van der Waals surface area (Å²) in [6.45, 7) is 0. The third-order valence-electron chi connectivity index (χ3n) is 5.72. The van der Waals surface area contributed by atoms with Gasteiger partial charge in [-0.15, -0.1) is 0 Å². The molecule has 0 saturated heterocycles. The Morgan fingerprint density at radius 2 is 1.90 bits per heavy atom. The SMILES string of the molecule is CN=CC1(c2ccc(OC)c(OC3CCCC3)c2)CC=C(OS(=O)(=O)C(F)(F)F)CC1. The van der Waals surface area contributed by atoms with E-state index in [1.807, 2.05) is 12.1 Å². The normalized spacial score (nSPS) is 23.1. The van der Waals surface area contributed by atoms with Crippen molar-refractivity contribution in [1.29, 1.82) is 0 Å². The molecule has 1 fully saturated rings. The van der Waals surface area contributed by atoms with Gasteiger partial charge >= 0.3 is 15.6 Å². The van der Waals surface area contributed by atoms with Gasteiger partial charge < -0.3 is 13.7 Å². The summed E-state index contributed by atoms with van der Waals surface area (Å²) in [6, 6.07) is 5.55. The molecule has 1 unspecified atom stereocenters. The lowest BCUT2D eigenvalue weighted by Gasteiger charge is -2.34. The van der Waals surface area contributed by atoms with E-state index in [1.54, 1.807) is 26.4 Å². The molecule has 0 N–H and O–H groups in total. The predicted molar refractivity (Wildman–Crippen MR) is 110 cm³/mol. The fourth-order valence-electron chi connectivity index (χ4n) is 4.08. The van der Waals surface area contributed by atoms with Crippen molar-refractivity contribution in [3.8, 4) is 11.5 Å². The van der Waals surface area contributed by atoms with Crippen molar-refractivity contribution in [1.82, 2.24) is 0 Å². The van der Waals surface area contributed by atoms with Crippen molar-refractivity contribution in [2.45, 2.75) is 62.0 Å². The largest absolute Gasteiger partial charge is 0.534 e. The Morgan fingerprint density at radius 1 is 1.19 bits per heavy atom. The minimum absolute atomic E-state index is 0.0200. The van der Waals surface area contributed by atoms with Gasteiger partial charge in [-0.25, -0.2) is 0 Å². The Morgan fingerprint density at radius 3 is 2.45 bits per heavy atom. The van der Waals surface area contributed by atoms with Crippen LogP contribution >= 0.6 is 0 Å². The highest BCUT2D eigenvalue weighted by molar-refractivity contribution is 7.87. The monoisotopic (exact) mass is 461 g/mol. The molecular formula is C21H26F3NO5S. The molecule has 6 nitrogen and oxygen atoms in total. The number of aliphatic imine (C=N–C) groups is 1. The zero-order valence-electron chi connectivity index (χ0n) is 17.4. The summed E-state index contributed by atoms with van der Waals surface area (Å²) in [5.41, 5.74) is -5.22. The summed E-state index contributed by atoms with van der Waals surface area (Å²) in [7, 11) is -2.50. The first-order chi connectivity index (χ1) is 14.6. The van der Waals surface area contributed by atoms with Gasteiger partial charge in [-0.05, 0) is 62.3 Å². The van der Waals surface area contributed by atoms with E-state index in [9.17, 15) is 21.6 Å². The Bertz CT molecular complexity index is 952. The Balaban J connectivity index is 1.87. The standard InChI is InChI=1S/C21H26F3NO5S/c1-25-14-20(11-9-17(10-12-20)30-31(26,27)21(22,23)24)15-7-8-18(28-2)19(13-15)29-16-5-3-4-6-16/h7-9,13-14,16H,3-6,10-12H2,1-2H3. The Kier molecular flexibility index (Phi) is 6.88. The van der Waals surface area contributed by atoms with Crippen LogP contribution in [0.2, 0.25) is 0 Å². The summed E-state index contributed by atoms with van der Waals surface area (Å²) in [5.74, 6) is 1.00. The van der Waals surface area contributed by atoms with Gasteiger partial charge in [0.25, 0.3) is 0 Å². The number of hydrogen-bond acceptors (Lipinski definition) is 6. The molecule has 0 spiro atoms. The van der Waals surface area contributed by atoms with Crippen LogP contribution in [0.15, 0.2) is 35.0 Å². The van der Waals surface area contributed by atoms with Gasteiger partial charge in [-0.2, -0.15) is 21.6 Å². The first-order valence-electron chi connectivity index (χ1n) is 10.1. The molecule has 0 heterocycles. The second kappa shape index (κ2) is 9.10. The molecule has 0 amide bonds. The number of rotatable bonds is 7. The van der Waals surface area contributed by atoms with E-state index in [2.05, 4.69) is 9.18 Å². The van der Waals surface area contributed by atoms with Crippen molar-refractivity contribution in [2.24, 2.45) is 4.99 Å². The van der Waals surface area contributed by atoms with Gasteiger partial charge in [0, 0.05) is 25.1 Å². The van der Waals surface area contributed by atoms with Gasteiger partial charge in [0.15, 0.2) is 11.5 Å². The molecule has 3 rings (SSSR count). The van der Waals surface area contributed by atoms with Crippen molar-refractivity contribution >= 4 is 16.3 Å². The second-order valence-electron chi connectivity index (χ2n) is 7.79. The first kappa shape index (κ1) is 23.4. The molecule has 0 radical (unpaired) electrons. The highest BCUT2D eigenvalue weighted by Gasteiger charge is 2.49. The summed E-state index contributed by atoms with van der Waals surface area (Å²) < 4.78 is 76.4. The Hall–Kier alpha value is -2.23. The average Bonchev–Trinajstić information content (AvgIpc) is 3.22. The van der Waals surface area contributed by atoms with Crippen LogP contribution in [-0.2, 0) is 19.7 Å². The number of alkyl halides is 3. The summed E-state index contributed by atoms with van der Waals surface area (Å²) >= 11 is 0. The van der Waals surface area contributed by atoms with Crippen LogP contribution in [0.5, 0.6) is 11.5 Å². The lowest BCUT2D eigenvalue weighted by Crippen LogP contribution is -2.32. The van der Waals surface area contributed by atoms with Gasteiger partial charge in [0.1, 0.15) is 5.76 Å². The van der Waals surface area contributed by atoms with Crippen molar-refractivity contribution in [2.75, 3.05) is 14.2 Å². The number of hydrogen-bond donors (Lipinski definition) is 0. The van der Waals surface area contributed by atoms with Crippen molar-refractivity contribution < 1.29 is 35.2 Å². The molecule has 0 bridgehead atoms. The van der Waals surface area contributed by atoms with E-state index in [1.165, 1.54) is 6.08 Å². The van der Waals surface area contributed by atoms with Crippen LogP contribution in [0.1, 0.15) is 50.5 Å². The molecule has 0 aliphatic heterocycles. The minimum atomic E-state index is -5.68. The van der Waals surface area contributed by atoms with Crippen LogP contribution in [-0.4, -0.2) is 40.4 Å². The van der Waals surface area contributed by atoms with Gasteiger partial charge in [-0.1, -0.05) is 6.07 Å². The summed E-state index contributed by atoms with van der Waals surface area (Å²) in [4.78, 5) is 4.16. The summed E-state index contributed by atoms with van der Waals surface area (Å²) in [5, 5.41) is 0. The maximum Gasteiger partial charge on any atom is 0.534 e. The van der Waals surface area contributed by atoms with E-state index >= 15 is 0 Å². The molecule has 0 aromatic heterocycles. The van der Waals surface area contributed by atoms with Gasteiger partial charge in [-0.3, -0.25) is 4.99 Å². The zero-order chi connectivity index (χ0) is 22.7. The third-order valence-corrected chi connectivity index (χ3v) is 6.72. The van der Waals surface area contributed by atoms with Gasteiger partial charge in [0.2, 0.25) is 0 Å². The number of halogens is 3. The molecule has 31 heavy (non-hydrogen) atoms. The summed E-state index contributed by atoms with van der Waals surface area (Å²) in [6.07, 6.45) is 8.03. The second-order valence-corrected chi connectivity index (χ2v) is 9.33. The number of nitrogens with zero attached hydrogens (tertiary/aromatic N) is 1. The van der Waals surface area contributed by atoms with E-state index < -0.39 is 21.0 Å². The Labute approximate surface area is 180 Å². The topological polar surface area (TPSA) is 74.2 Å². The highest BCUT2D eigenvalue weighted by Crippen LogP contribution is 2.42. The number of ether oxygens (including phenoxy) is 2. The van der Waals surface area contributed by atoms with Crippen LogP contribution < -0.4 is 9.47 Å². The van der Waals surface area contributed by atoms with Crippen LogP contribution in [0, 0.1) is 0 Å². The maximum absolute atomic E-state index is 12.6. The molecule has 172 valence electrons. The molecule has 10 heteroatoms. The third kappa shape index (κ3) is 5.16. The predicted octanol–water partition coefficient (Wildman–Crippen LogP) is 4.89. The molecule has 1 aromatic carbocycles. The molecule has 1 saturated carbocycles. The number of allylic oxidation sites excluding steroid dienone is 2. The van der Waals surface area contributed by atoms with Crippen LogP contribution in [0.3, 0.4) is 0 Å². The minimum Gasteiger partial charge on any atom is -0.493 e. The smallest absolute Gasteiger partial charge is 0.493 e.